The van der Waals surface area contributed by atoms with E-state index in [9.17, 15) is 9.65 Å². The number of thiocarbonyl (C=S) groups is 1. The summed E-state index contributed by atoms with van der Waals surface area (Å²) < 4.78 is 15.1. The molecule has 41 heavy (non-hydrogen) atoms. The molecule has 0 unspecified atom stereocenters. The normalized spacial score (nSPS) is 11.1. The smallest absolute Gasteiger partial charge is 0.176 e. The molecule has 5 rings (SSSR count). The van der Waals surface area contributed by atoms with Gasteiger partial charge in [-0.25, -0.2) is 9.07 Å². The van der Waals surface area contributed by atoms with Crippen LogP contribution in [0.4, 0.5) is 21.7 Å². The summed E-state index contributed by atoms with van der Waals surface area (Å²) in [7, 11) is 0. The van der Waals surface area contributed by atoms with Crippen LogP contribution < -0.4 is 16.4 Å². The molecule has 8 nitrogen and oxygen atoms in total. The number of halogens is 1. The molecule has 2 heterocycles. The van der Waals surface area contributed by atoms with Crippen LogP contribution in [-0.4, -0.2) is 25.1 Å². The van der Waals surface area contributed by atoms with Crippen LogP contribution in [0.5, 0.6) is 0 Å². The first-order valence-corrected chi connectivity index (χ1v) is 13.3. The summed E-state index contributed by atoms with van der Waals surface area (Å²) in [6, 6.07) is 29.3. The summed E-state index contributed by atoms with van der Waals surface area (Å²) in [5.41, 5.74) is 10.6. The van der Waals surface area contributed by atoms with Gasteiger partial charge < -0.3 is 16.4 Å². The van der Waals surface area contributed by atoms with Crippen LogP contribution in [0.25, 0.3) is 22.5 Å². The molecule has 0 atom stereocenters. The first-order valence-electron chi connectivity index (χ1n) is 12.9. The van der Waals surface area contributed by atoms with Gasteiger partial charge >= 0.3 is 0 Å². The third-order valence-corrected chi connectivity index (χ3v) is 6.79. The minimum absolute atomic E-state index is 0.247. The van der Waals surface area contributed by atoms with Crippen LogP contribution in [0.2, 0.25) is 0 Å². The van der Waals surface area contributed by atoms with Gasteiger partial charge in [-0.05, 0) is 80.5 Å². The van der Waals surface area contributed by atoms with Crippen molar-refractivity contribution in [3.63, 3.8) is 0 Å². The summed E-state index contributed by atoms with van der Waals surface area (Å²) in [6.45, 7) is 3.98. The minimum atomic E-state index is -0.625. The number of nitrogens with zero attached hydrogens (tertiary/aromatic N) is 5. The zero-order valence-corrected chi connectivity index (χ0v) is 23.3. The predicted molar refractivity (Wildman–Crippen MR) is 164 cm³/mol. The molecule has 0 aliphatic carbocycles. The lowest BCUT2D eigenvalue weighted by Crippen LogP contribution is -2.32. The molecule has 3 aromatic carbocycles. The molecule has 204 valence electrons. The summed E-state index contributed by atoms with van der Waals surface area (Å²) in [5.74, 6) is 0.395. The zero-order valence-electron chi connectivity index (χ0n) is 22.5. The molecule has 0 amide bonds. The van der Waals surface area contributed by atoms with Gasteiger partial charge in [0.25, 0.3) is 0 Å². The second kappa shape index (κ2) is 11.5. The Morgan fingerprint density at radius 3 is 2.32 bits per heavy atom. The molecular weight excluding hydrogens is 535 g/mol. The van der Waals surface area contributed by atoms with E-state index >= 15 is 0 Å². The Kier molecular flexibility index (Phi) is 7.72. The average Bonchev–Trinajstić information content (AvgIpc) is 3.32. The van der Waals surface area contributed by atoms with E-state index in [1.54, 1.807) is 16.8 Å². The van der Waals surface area contributed by atoms with E-state index in [4.69, 9.17) is 23.1 Å². The molecule has 0 spiro atoms. The van der Waals surface area contributed by atoms with E-state index in [0.29, 0.717) is 28.6 Å². The van der Waals surface area contributed by atoms with Gasteiger partial charge in [-0.15, -0.1) is 10.2 Å². The molecule has 0 bridgehead atoms. The van der Waals surface area contributed by atoms with Crippen LogP contribution in [-0.2, 0) is 12.0 Å². The number of para-hydroxylation sites is 1. The largest absolute Gasteiger partial charge is 0.383 e. The first-order chi connectivity index (χ1) is 19.7. The highest BCUT2D eigenvalue weighted by Gasteiger charge is 2.29. The second-order valence-electron chi connectivity index (χ2n) is 10.0. The van der Waals surface area contributed by atoms with Crippen molar-refractivity contribution in [3.05, 3.63) is 108 Å². The van der Waals surface area contributed by atoms with E-state index in [2.05, 4.69) is 26.9 Å². The van der Waals surface area contributed by atoms with Gasteiger partial charge in [-0.1, -0.05) is 48.5 Å². The molecule has 0 fully saturated rings. The number of hydrogen-bond acceptors (Lipinski definition) is 6. The van der Waals surface area contributed by atoms with Gasteiger partial charge in [-0.3, -0.25) is 0 Å². The number of hydrogen-bond donors (Lipinski definition) is 3. The Hall–Kier alpha value is -5.14. The van der Waals surface area contributed by atoms with E-state index in [1.807, 2.05) is 80.6 Å². The van der Waals surface area contributed by atoms with Crippen LogP contribution in [0, 0.1) is 17.1 Å². The fraction of sp³-hybridized carbons (Fsp3) is 0.129. The number of anilines is 3. The van der Waals surface area contributed by atoms with Crippen LogP contribution >= 0.6 is 12.2 Å². The van der Waals surface area contributed by atoms with Gasteiger partial charge in [0.15, 0.2) is 10.9 Å². The summed E-state index contributed by atoms with van der Waals surface area (Å²) in [5, 5.41) is 29.8. The van der Waals surface area contributed by atoms with Gasteiger partial charge in [0.05, 0.1) is 11.2 Å². The van der Waals surface area contributed by atoms with Crippen LogP contribution in [0.3, 0.4) is 0 Å². The Labute approximate surface area is 242 Å². The number of nitrogens with two attached hydrogens (primary N) is 1. The van der Waals surface area contributed by atoms with Crippen LogP contribution in [0.15, 0.2) is 91.0 Å². The van der Waals surface area contributed by atoms with Crippen molar-refractivity contribution in [3.8, 4) is 28.6 Å². The van der Waals surface area contributed by atoms with Gasteiger partial charge in [0.1, 0.15) is 29.0 Å². The molecule has 0 radical (unpaired) electrons. The fourth-order valence-corrected chi connectivity index (χ4v) is 4.80. The monoisotopic (exact) mass is 562 g/mol. The summed E-state index contributed by atoms with van der Waals surface area (Å²) in [4.78, 5) is 0. The Morgan fingerprint density at radius 2 is 1.63 bits per heavy atom. The standard InChI is InChI=1S/C31H27FN8S/c1-31(2,40-29(34)24(19-33)28(39-40)21-12-14-23(32)15-13-21)18-22-10-6-7-11-25(22)35-30(41)36-27-17-16-26(37-38-27)20-8-4-3-5-9-20/h3-17H,18,34H2,1-2H3,(H2,35,36,38,41). The third kappa shape index (κ3) is 6.05. The number of nitrogens with one attached hydrogen (secondary N) is 2. The Morgan fingerprint density at radius 1 is 0.927 bits per heavy atom. The maximum Gasteiger partial charge on any atom is 0.176 e. The summed E-state index contributed by atoms with van der Waals surface area (Å²) in [6.07, 6.45) is 0.518. The number of nitrogen functional groups attached to an aromatic ring is 1. The van der Waals surface area contributed by atoms with Crippen molar-refractivity contribution >= 4 is 34.7 Å². The minimum Gasteiger partial charge on any atom is -0.383 e. The highest BCUT2D eigenvalue weighted by molar-refractivity contribution is 7.80. The quantitative estimate of drug-likeness (QED) is 0.196. The van der Waals surface area contributed by atoms with Gasteiger partial charge in [0, 0.05) is 16.8 Å². The Bertz CT molecular complexity index is 1720. The van der Waals surface area contributed by atoms with Crippen molar-refractivity contribution in [1.29, 1.82) is 5.26 Å². The first kappa shape index (κ1) is 27.4. The zero-order chi connectivity index (χ0) is 29.0. The Balaban J connectivity index is 1.33. The lowest BCUT2D eigenvalue weighted by molar-refractivity contribution is 0.323. The molecule has 2 aromatic heterocycles. The number of rotatable bonds is 7. The van der Waals surface area contributed by atoms with E-state index in [0.717, 1.165) is 22.5 Å². The SMILES string of the molecule is CC(C)(Cc1ccccc1NC(=S)Nc1ccc(-c2ccccc2)nn1)n1nc(-c2ccc(F)cc2)c(C#N)c1N. The lowest BCUT2D eigenvalue weighted by Gasteiger charge is -2.28. The number of aromatic nitrogens is 4. The molecule has 0 saturated heterocycles. The second-order valence-corrected chi connectivity index (χ2v) is 10.4. The van der Waals surface area contributed by atoms with Gasteiger partial charge in [0.2, 0.25) is 0 Å². The number of nitriles is 1. The van der Waals surface area contributed by atoms with E-state index in [-0.39, 0.29) is 17.2 Å². The molecule has 0 aliphatic heterocycles. The predicted octanol–water partition coefficient (Wildman–Crippen LogP) is 6.39. The average molecular weight is 563 g/mol. The topological polar surface area (TPSA) is 117 Å². The van der Waals surface area contributed by atoms with Crippen molar-refractivity contribution in [2.75, 3.05) is 16.4 Å². The van der Waals surface area contributed by atoms with Crippen molar-refractivity contribution in [2.24, 2.45) is 0 Å². The fourth-order valence-electron chi connectivity index (χ4n) is 4.58. The molecule has 4 N–H and O–H groups in total. The van der Waals surface area contributed by atoms with Gasteiger partial charge in [-0.2, -0.15) is 10.4 Å². The lowest BCUT2D eigenvalue weighted by atomic mass is 9.94. The molecular formula is C31H27FN8S. The highest BCUT2D eigenvalue weighted by atomic mass is 32.1. The maximum atomic E-state index is 13.5. The third-order valence-electron chi connectivity index (χ3n) is 6.59. The maximum absolute atomic E-state index is 13.5. The van der Waals surface area contributed by atoms with E-state index in [1.165, 1.54) is 12.1 Å². The van der Waals surface area contributed by atoms with Crippen LogP contribution in [0.1, 0.15) is 25.0 Å². The van der Waals surface area contributed by atoms with Crippen molar-refractivity contribution in [2.45, 2.75) is 25.8 Å². The molecule has 0 saturated carbocycles. The number of benzene rings is 3. The highest BCUT2D eigenvalue weighted by Crippen LogP contribution is 2.33. The van der Waals surface area contributed by atoms with Crippen molar-refractivity contribution in [1.82, 2.24) is 20.0 Å². The van der Waals surface area contributed by atoms with Crippen molar-refractivity contribution < 1.29 is 4.39 Å². The molecule has 5 aromatic rings. The summed E-state index contributed by atoms with van der Waals surface area (Å²) >= 11 is 5.57. The van der Waals surface area contributed by atoms with E-state index < -0.39 is 5.54 Å². The molecule has 0 aliphatic rings. The molecule has 10 heteroatoms.